The number of allylic oxidation sites excluding steroid dienone is 3. The quantitative estimate of drug-likeness (QED) is 0.328. The van der Waals surface area contributed by atoms with Crippen LogP contribution in [0.15, 0.2) is 52.0 Å². The van der Waals surface area contributed by atoms with Crippen molar-refractivity contribution in [1.82, 2.24) is 23.8 Å². The van der Waals surface area contributed by atoms with Gasteiger partial charge in [-0.05, 0) is 65.0 Å². The SMILES string of the molecule is C=C/C(CCn1c(=O)n(C(C)(C)C(=O)N2CCCCC2)c(=O)c2c(C)c(-n3cccn3)sc21)=C(\C)OC. The Labute approximate surface area is 220 Å². The van der Waals surface area contributed by atoms with E-state index in [0.717, 1.165) is 40.0 Å². The molecule has 0 atom stereocenters. The largest absolute Gasteiger partial charge is 0.501 e. The normalized spacial score (nSPS) is 15.1. The van der Waals surface area contributed by atoms with Crippen LogP contribution >= 0.6 is 11.3 Å². The highest BCUT2D eigenvalue weighted by molar-refractivity contribution is 7.21. The lowest BCUT2D eigenvalue weighted by atomic mass is 10.00. The van der Waals surface area contributed by atoms with Gasteiger partial charge in [0.25, 0.3) is 5.56 Å². The van der Waals surface area contributed by atoms with Gasteiger partial charge in [-0.2, -0.15) is 5.10 Å². The van der Waals surface area contributed by atoms with E-state index < -0.39 is 16.8 Å². The molecular formula is C27H35N5O4S. The van der Waals surface area contributed by atoms with Crippen LogP contribution in [0.2, 0.25) is 0 Å². The van der Waals surface area contributed by atoms with Gasteiger partial charge >= 0.3 is 5.69 Å². The first-order chi connectivity index (χ1) is 17.6. The number of hydrogen-bond acceptors (Lipinski definition) is 6. The van der Waals surface area contributed by atoms with Crippen LogP contribution in [-0.2, 0) is 21.6 Å². The Bertz CT molecular complexity index is 1470. The smallest absolute Gasteiger partial charge is 0.333 e. The van der Waals surface area contributed by atoms with Gasteiger partial charge in [0.2, 0.25) is 5.91 Å². The summed E-state index contributed by atoms with van der Waals surface area (Å²) in [4.78, 5) is 44.1. The van der Waals surface area contributed by atoms with Crippen molar-refractivity contribution in [3.05, 3.63) is 68.8 Å². The Hall–Kier alpha value is -3.40. The molecule has 0 aromatic carbocycles. The molecule has 9 nitrogen and oxygen atoms in total. The molecular weight excluding hydrogens is 490 g/mol. The number of ether oxygens (including phenoxy) is 1. The lowest BCUT2D eigenvalue weighted by Crippen LogP contribution is -2.57. The first kappa shape index (κ1) is 26.7. The average molecular weight is 526 g/mol. The fourth-order valence-corrected chi connectivity index (χ4v) is 6.26. The number of aromatic nitrogens is 4. The second kappa shape index (κ2) is 10.5. The van der Waals surface area contributed by atoms with Crippen molar-refractivity contribution in [3.63, 3.8) is 0 Å². The zero-order valence-electron chi connectivity index (χ0n) is 22.2. The number of fused-ring (bicyclic) bond motifs is 1. The molecule has 1 aliphatic heterocycles. The van der Waals surface area contributed by atoms with Gasteiger partial charge in [-0.25, -0.2) is 14.0 Å². The third-order valence-corrected chi connectivity index (χ3v) is 8.54. The summed E-state index contributed by atoms with van der Waals surface area (Å²) in [5.41, 5.74) is -0.707. The first-order valence-electron chi connectivity index (χ1n) is 12.6. The molecule has 198 valence electrons. The molecule has 3 aromatic rings. The summed E-state index contributed by atoms with van der Waals surface area (Å²) in [6.07, 6.45) is 8.60. The van der Waals surface area contributed by atoms with Gasteiger partial charge in [0.05, 0.1) is 18.3 Å². The third-order valence-electron chi connectivity index (χ3n) is 7.24. The lowest BCUT2D eigenvalue weighted by molar-refractivity contribution is -0.140. The molecule has 4 rings (SSSR count). The second-order valence-corrected chi connectivity index (χ2v) is 10.9. The molecule has 0 unspecified atom stereocenters. The second-order valence-electron chi connectivity index (χ2n) is 9.89. The van der Waals surface area contributed by atoms with Crippen LogP contribution in [0.25, 0.3) is 15.2 Å². The number of rotatable bonds is 8. The van der Waals surface area contributed by atoms with E-state index in [2.05, 4.69) is 11.7 Å². The lowest BCUT2D eigenvalue weighted by Gasteiger charge is -2.35. The number of amides is 1. The number of thiophene rings is 1. The number of nitrogens with zero attached hydrogens (tertiary/aromatic N) is 5. The molecule has 1 amide bonds. The maximum atomic E-state index is 14.1. The number of likely N-dealkylation sites (tertiary alicyclic amines) is 1. The van der Waals surface area contributed by atoms with E-state index in [-0.39, 0.29) is 5.91 Å². The standard InChI is InChI=1S/C27H35N5O4S/c1-7-20(19(3)36-6)12-17-30-24-21(18(2)23(37-24)31-16-11-13-28-31)22(33)32(26(30)35)27(4,5)25(34)29-14-9-8-10-15-29/h7,11,13,16H,1,8-10,12,14-15,17H2,2-6H3/b20-19-. The molecule has 1 aliphatic rings. The summed E-state index contributed by atoms with van der Waals surface area (Å²) in [7, 11) is 1.59. The summed E-state index contributed by atoms with van der Waals surface area (Å²) in [5, 5.41) is 5.53. The fourth-order valence-electron chi connectivity index (χ4n) is 5.00. The summed E-state index contributed by atoms with van der Waals surface area (Å²) >= 11 is 1.35. The highest BCUT2D eigenvalue weighted by Crippen LogP contribution is 2.32. The monoisotopic (exact) mass is 525 g/mol. The maximum Gasteiger partial charge on any atom is 0.333 e. The van der Waals surface area contributed by atoms with Crippen molar-refractivity contribution in [2.24, 2.45) is 0 Å². The van der Waals surface area contributed by atoms with Crippen LogP contribution in [0.1, 0.15) is 52.0 Å². The molecule has 4 heterocycles. The van der Waals surface area contributed by atoms with E-state index in [1.54, 1.807) is 47.4 Å². The molecule has 0 saturated carbocycles. The molecule has 37 heavy (non-hydrogen) atoms. The number of carbonyl (C=O) groups is 1. The first-order valence-corrected chi connectivity index (χ1v) is 13.4. The molecule has 0 N–H and O–H groups in total. The average Bonchev–Trinajstić information content (AvgIpc) is 3.54. The number of piperidine rings is 1. The Morgan fingerprint density at radius 3 is 2.54 bits per heavy atom. The summed E-state index contributed by atoms with van der Waals surface area (Å²) in [5.74, 6) is 0.507. The van der Waals surface area contributed by atoms with Gasteiger partial charge in [-0.15, -0.1) is 0 Å². The van der Waals surface area contributed by atoms with Crippen molar-refractivity contribution in [3.8, 4) is 5.00 Å². The Balaban J connectivity index is 1.95. The van der Waals surface area contributed by atoms with Gasteiger partial charge in [-0.3, -0.25) is 14.2 Å². The molecule has 0 radical (unpaired) electrons. The van der Waals surface area contributed by atoms with Gasteiger partial charge in [0, 0.05) is 37.6 Å². The van der Waals surface area contributed by atoms with Crippen molar-refractivity contribution >= 4 is 27.5 Å². The number of hydrogen-bond donors (Lipinski definition) is 0. The molecule has 0 spiro atoms. The van der Waals surface area contributed by atoms with Gasteiger partial charge in [0.15, 0.2) is 0 Å². The van der Waals surface area contributed by atoms with Crippen molar-refractivity contribution in [2.75, 3.05) is 20.2 Å². The summed E-state index contributed by atoms with van der Waals surface area (Å²) < 4.78 is 9.85. The fraction of sp³-hybridized carbons (Fsp3) is 0.481. The van der Waals surface area contributed by atoms with E-state index in [9.17, 15) is 14.4 Å². The van der Waals surface area contributed by atoms with Crippen LogP contribution < -0.4 is 11.2 Å². The number of carbonyl (C=O) groups excluding carboxylic acids is 1. The zero-order chi connectivity index (χ0) is 26.9. The van der Waals surface area contributed by atoms with Crippen molar-refractivity contribution in [1.29, 1.82) is 0 Å². The van der Waals surface area contributed by atoms with Crippen LogP contribution in [0.4, 0.5) is 0 Å². The minimum Gasteiger partial charge on any atom is -0.501 e. The zero-order valence-corrected chi connectivity index (χ0v) is 23.1. The molecule has 3 aromatic heterocycles. The van der Waals surface area contributed by atoms with E-state index in [4.69, 9.17) is 4.74 Å². The molecule has 0 aliphatic carbocycles. The Kier molecular flexibility index (Phi) is 7.59. The maximum absolute atomic E-state index is 14.1. The van der Waals surface area contributed by atoms with Crippen LogP contribution in [0, 0.1) is 6.92 Å². The van der Waals surface area contributed by atoms with Crippen molar-refractivity contribution in [2.45, 2.75) is 65.5 Å². The van der Waals surface area contributed by atoms with Gasteiger partial charge in [-0.1, -0.05) is 24.0 Å². The Morgan fingerprint density at radius 1 is 1.24 bits per heavy atom. The van der Waals surface area contributed by atoms with Crippen LogP contribution in [0.5, 0.6) is 0 Å². The van der Waals surface area contributed by atoms with Crippen LogP contribution in [0.3, 0.4) is 0 Å². The Morgan fingerprint density at radius 2 is 1.95 bits per heavy atom. The topological polar surface area (TPSA) is 91.4 Å². The van der Waals surface area contributed by atoms with Crippen molar-refractivity contribution < 1.29 is 9.53 Å². The predicted molar refractivity (Wildman–Crippen MR) is 146 cm³/mol. The highest BCUT2D eigenvalue weighted by Gasteiger charge is 2.38. The van der Waals surface area contributed by atoms with Crippen LogP contribution in [-0.4, -0.2) is 49.9 Å². The van der Waals surface area contributed by atoms with E-state index in [0.29, 0.717) is 42.0 Å². The molecule has 10 heteroatoms. The number of aryl methyl sites for hydroxylation is 2. The minimum atomic E-state index is -1.35. The molecule has 1 saturated heterocycles. The predicted octanol–water partition coefficient (Wildman–Crippen LogP) is 3.96. The highest BCUT2D eigenvalue weighted by atomic mass is 32.1. The van der Waals surface area contributed by atoms with E-state index >= 15 is 0 Å². The molecule has 1 fully saturated rings. The number of methoxy groups -OCH3 is 1. The van der Waals surface area contributed by atoms with Gasteiger partial charge in [0.1, 0.15) is 15.4 Å². The summed E-state index contributed by atoms with van der Waals surface area (Å²) in [6, 6.07) is 1.81. The van der Waals surface area contributed by atoms with Gasteiger partial charge < -0.3 is 9.64 Å². The summed E-state index contributed by atoms with van der Waals surface area (Å²) in [6.45, 7) is 12.5. The third kappa shape index (κ3) is 4.70. The minimum absolute atomic E-state index is 0.209. The van der Waals surface area contributed by atoms with E-state index in [1.165, 1.54) is 11.3 Å². The van der Waals surface area contributed by atoms with E-state index in [1.807, 2.05) is 26.1 Å². The molecule has 0 bridgehead atoms.